The lowest BCUT2D eigenvalue weighted by atomic mass is 10.1. The Balaban J connectivity index is 2.18. The summed E-state index contributed by atoms with van der Waals surface area (Å²) in [5.41, 5.74) is 2.77. The van der Waals surface area contributed by atoms with Crippen molar-refractivity contribution in [3.63, 3.8) is 0 Å². The van der Waals surface area contributed by atoms with Gasteiger partial charge in [0.05, 0.1) is 23.4 Å². The molecule has 1 heterocycles. The van der Waals surface area contributed by atoms with Gasteiger partial charge in [-0.2, -0.15) is 10.4 Å². The number of fused-ring (bicyclic) bond motifs is 1. The van der Waals surface area contributed by atoms with Crippen LogP contribution in [0, 0.1) is 11.3 Å². The molecule has 0 unspecified atom stereocenters. The first-order valence-corrected chi connectivity index (χ1v) is 6.80. The minimum atomic E-state index is -0.0804. The maximum Gasteiger partial charge on any atom is 0.101 e. The Hall–Kier alpha value is -2.16. The average molecular weight is 328 g/mol. The van der Waals surface area contributed by atoms with E-state index < -0.39 is 0 Å². The second-order valence-electron chi connectivity index (χ2n) is 4.40. The van der Waals surface area contributed by atoms with Gasteiger partial charge in [0, 0.05) is 16.1 Å². The number of aliphatic hydroxyl groups is 1. The molecule has 1 N–H and O–H groups in total. The molecule has 3 rings (SSSR count). The van der Waals surface area contributed by atoms with Gasteiger partial charge in [0.1, 0.15) is 6.07 Å². The summed E-state index contributed by atoms with van der Waals surface area (Å²) in [4.78, 5) is 0. The summed E-state index contributed by atoms with van der Waals surface area (Å²) in [6.07, 6.45) is 1.88. The molecule has 1 aromatic heterocycles. The molecule has 0 fully saturated rings. The third-order valence-electron chi connectivity index (χ3n) is 3.08. The van der Waals surface area contributed by atoms with Gasteiger partial charge < -0.3 is 5.11 Å². The molecule has 3 aromatic rings. The van der Waals surface area contributed by atoms with Crippen LogP contribution in [0.4, 0.5) is 0 Å². The maximum absolute atomic E-state index is 9.24. The number of benzene rings is 2. The van der Waals surface area contributed by atoms with E-state index in [0.29, 0.717) is 16.8 Å². The number of aliphatic hydroxyl groups excluding tert-OH is 1. The van der Waals surface area contributed by atoms with Crippen molar-refractivity contribution in [1.82, 2.24) is 9.78 Å². The summed E-state index contributed by atoms with van der Waals surface area (Å²) in [6.45, 7) is -0.0804. The van der Waals surface area contributed by atoms with Crippen molar-refractivity contribution < 1.29 is 5.11 Å². The van der Waals surface area contributed by atoms with Crippen LogP contribution >= 0.6 is 15.9 Å². The van der Waals surface area contributed by atoms with E-state index in [1.54, 1.807) is 22.9 Å². The van der Waals surface area contributed by atoms with Crippen molar-refractivity contribution in [3.8, 4) is 11.8 Å². The van der Waals surface area contributed by atoms with Gasteiger partial charge in [-0.05, 0) is 35.9 Å². The molecule has 0 saturated heterocycles. The fourth-order valence-electron chi connectivity index (χ4n) is 2.09. The first-order valence-electron chi connectivity index (χ1n) is 6.00. The van der Waals surface area contributed by atoms with E-state index in [-0.39, 0.29) is 6.61 Å². The van der Waals surface area contributed by atoms with Crippen LogP contribution in [0.15, 0.2) is 47.1 Å². The highest BCUT2D eigenvalue weighted by atomic mass is 79.9. The SMILES string of the molecule is N#Cc1cc(CO)ccc1-n1cc2cc(Br)ccc2n1. The van der Waals surface area contributed by atoms with E-state index in [0.717, 1.165) is 15.4 Å². The molecule has 0 radical (unpaired) electrons. The summed E-state index contributed by atoms with van der Waals surface area (Å²) >= 11 is 3.43. The van der Waals surface area contributed by atoms with Gasteiger partial charge >= 0.3 is 0 Å². The molecule has 0 aliphatic rings. The second kappa shape index (κ2) is 5.08. The van der Waals surface area contributed by atoms with Crippen LogP contribution in [0.1, 0.15) is 11.1 Å². The molecule has 0 aliphatic heterocycles. The number of hydrogen-bond acceptors (Lipinski definition) is 3. The van der Waals surface area contributed by atoms with E-state index in [1.165, 1.54) is 0 Å². The average Bonchev–Trinajstić information content (AvgIpc) is 2.89. The molecular weight excluding hydrogens is 318 g/mol. The van der Waals surface area contributed by atoms with Crippen molar-refractivity contribution in [3.05, 3.63) is 58.2 Å². The highest BCUT2D eigenvalue weighted by Crippen LogP contribution is 2.22. The van der Waals surface area contributed by atoms with Crippen molar-refractivity contribution >= 4 is 26.8 Å². The Morgan fingerprint density at radius 3 is 2.85 bits per heavy atom. The molecule has 0 atom stereocenters. The van der Waals surface area contributed by atoms with Gasteiger partial charge in [-0.1, -0.05) is 22.0 Å². The van der Waals surface area contributed by atoms with Gasteiger partial charge in [-0.25, -0.2) is 4.68 Å². The first-order chi connectivity index (χ1) is 9.71. The summed E-state index contributed by atoms with van der Waals surface area (Å²) in [6, 6.07) is 13.2. The van der Waals surface area contributed by atoms with Crippen LogP contribution in [0.5, 0.6) is 0 Å². The van der Waals surface area contributed by atoms with E-state index in [1.807, 2.05) is 24.4 Å². The molecule has 20 heavy (non-hydrogen) atoms. The quantitative estimate of drug-likeness (QED) is 0.786. The molecule has 0 saturated carbocycles. The van der Waals surface area contributed by atoms with E-state index >= 15 is 0 Å². The van der Waals surface area contributed by atoms with Crippen LogP contribution in [0.25, 0.3) is 16.6 Å². The van der Waals surface area contributed by atoms with Crippen molar-refractivity contribution in [2.75, 3.05) is 0 Å². The number of rotatable bonds is 2. The summed E-state index contributed by atoms with van der Waals surface area (Å²) < 4.78 is 2.68. The van der Waals surface area contributed by atoms with E-state index in [4.69, 9.17) is 5.11 Å². The number of halogens is 1. The van der Waals surface area contributed by atoms with Crippen LogP contribution in [0.2, 0.25) is 0 Å². The highest BCUT2D eigenvalue weighted by Gasteiger charge is 2.08. The first kappa shape index (κ1) is 12.9. The highest BCUT2D eigenvalue weighted by molar-refractivity contribution is 9.10. The van der Waals surface area contributed by atoms with Crippen LogP contribution in [-0.2, 0) is 6.61 Å². The van der Waals surface area contributed by atoms with Crippen molar-refractivity contribution in [2.45, 2.75) is 6.61 Å². The minimum Gasteiger partial charge on any atom is -0.392 e. The van der Waals surface area contributed by atoms with Gasteiger partial charge in [0.25, 0.3) is 0 Å². The maximum atomic E-state index is 9.24. The summed E-state index contributed by atoms with van der Waals surface area (Å²) in [5.74, 6) is 0. The molecule has 4 nitrogen and oxygen atoms in total. The Morgan fingerprint density at radius 2 is 2.10 bits per heavy atom. The lowest BCUT2D eigenvalue weighted by Crippen LogP contribution is -1.99. The van der Waals surface area contributed by atoms with Gasteiger partial charge in [-0.15, -0.1) is 0 Å². The third kappa shape index (κ3) is 2.20. The minimum absolute atomic E-state index is 0.0804. The second-order valence-corrected chi connectivity index (χ2v) is 5.31. The predicted octanol–water partition coefficient (Wildman–Crippen LogP) is 3.15. The number of aromatic nitrogens is 2. The lowest BCUT2D eigenvalue weighted by molar-refractivity contribution is 0.282. The molecular formula is C15H10BrN3O. The Bertz CT molecular complexity index is 833. The standard InChI is InChI=1S/C15H10BrN3O/c16-13-2-3-14-12(6-13)8-19(18-14)15-4-1-10(9-20)5-11(15)7-17/h1-6,8,20H,9H2. The Labute approximate surface area is 124 Å². The fourth-order valence-corrected chi connectivity index (χ4v) is 2.47. The van der Waals surface area contributed by atoms with Crippen LogP contribution in [-0.4, -0.2) is 14.9 Å². The summed E-state index contributed by atoms with van der Waals surface area (Å²) in [5, 5.41) is 23.8. The van der Waals surface area contributed by atoms with Gasteiger partial charge in [-0.3, -0.25) is 0 Å². The monoisotopic (exact) mass is 327 g/mol. The molecule has 0 amide bonds. The smallest absolute Gasteiger partial charge is 0.101 e. The molecule has 0 aliphatic carbocycles. The topological polar surface area (TPSA) is 61.8 Å². The zero-order valence-corrected chi connectivity index (χ0v) is 12.0. The van der Waals surface area contributed by atoms with Crippen molar-refractivity contribution in [2.24, 2.45) is 0 Å². The molecule has 5 heteroatoms. The zero-order valence-electron chi connectivity index (χ0n) is 10.4. The van der Waals surface area contributed by atoms with Gasteiger partial charge in [0.2, 0.25) is 0 Å². The molecule has 2 aromatic carbocycles. The van der Waals surface area contributed by atoms with Gasteiger partial charge in [0.15, 0.2) is 0 Å². The molecule has 98 valence electrons. The van der Waals surface area contributed by atoms with E-state index in [9.17, 15) is 5.26 Å². The number of hydrogen-bond donors (Lipinski definition) is 1. The zero-order chi connectivity index (χ0) is 14.1. The molecule has 0 bridgehead atoms. The predicted molar refractivity (Wildman–Crippen MR) is 79.4 cm³/mol. The van der Waals surface area contributed by atoms with Crippen LogP contribution in [0.3, 0.4) is 0 Å². The van der Waals surface area contributed by atoms with Crippen molar-refractivity contribution in [1.29, 1.82) is 5.26 Å². The summed E-state index contributed by atoms with van der Waals surface area (Å²) in [7, 11) is 0. The number of nitrogens with zero attached hydrogens (tertiary/aromatic N) is 3. The largest absolute Gasteiger partial charge is 0.392 e. The van der Waals surface area contributed by atoms with E-state index in [2.05, 4.69) is 27.1 Å². The Morgan fingerprint density at radius 1 is 1.25 bits per heavy atom. The van der Waals surface area contributed by atoms with Crippen LogP contribution < -0.4 is 0 Å². The lowest BCUT2D eigenvalue weighted by Gasteiger charge is -2.05. The number of nitriles is 1. The fraction of sp³-hybridized carbons (Fsp3) is 0.0667. The third-order valence-corrected chi connectivity index (χ3v) is 3.57. The molecule has 0 spiro atoms. The Kier molecular flexibility index (Phi) is 3.26. The normalized spacial score (nSPS) is 10.7.